The molecule has 0 spiro atoms. The molecule has 1 fully saturated rings. The molecule has 1 atom stereocenters. The normalized spacial score (nSPS) is 19.3. The monoisotopic (exact) mass is 458 g/mol. The summed E-state index contributed by atoms with van der Waals surface area (Å²) in [5.41, 5.74) is 0.807. The second kappa shape index (κ2) is 8.97. The number of fused-ring (bicyclic) bond motifs is 1. The smallest absolute Gasteiger partial charge is 0.296 e. The van der Waals surface area contributed by atoms with E-state index in [1.807, 2.05) is 11.0 Å². The molecule has 0 N–H and O–H groups in total. The molecule has 0 saturated carbocycles. The summed E-state index contributed by atoms with van der Waals surface area (Å²) in [6, 6.07) is 0. The van der Waals surface area contributed by atoms with Crippen LogP contribution in [0.5, 0.6) is 0 Å². The third-order valence-corrected chi connectivity index (χ3v) is 7.44. The average Bonchev–Trinajstić information content (AvgIpc) is 3.34. The second-order valence-electron chi connectivity index (χ2n) is 8.72. The highest BCUT2D eigenvalue weighted by Gasteiger charge is 2.30. The van der Waals surface area contributed by atoms with E-state index in [1.165, 1.54) is 36.5 Å². The first-order valence-corrected chi connectivity index (χ1v) is 11.6. The van der Waals surface area contributed by atoms with Crippen molar-refractivity contribution in [3.05, 3.63) is 46.5 Å². The van der Waals surface area contributed by atoms with Gasteiger partial charge in [-0.1, -0.05) is 17.4 Å². The van der Waals surface area contributed by atoms with Gasteiger partial charge in [-0.05, 0) is 56.6 Å². The van der Waals surface area contributed by atoms with Gasteiger partial charge >= 0.3 is 0 Å². The summed E-state index contributed by atoms with van der Waals surface area (Å²) in [4.78, 5) is 46.3. The van der Waals surface area contributed by atoms with Gasteiger partial charge in [0, 0.05) is 32.9 Å². The number of aromatic nitrogens is 2. The Morgan fingerprint density at radius 3 is 2.59 bits per heavy atom. The van der Waals surface area contributed by atoms with Crippen LogP contribution in [0, 0.1) is 18.8 Å². The third-order valence-electron chi connectivity index (χ3n) is 6.30. The van der Waals surface area contributed by atoms with Crippen LogP contribution in [-0.4, -0.2) is 64.0 Å². The molecule has 0 aromatic carbocycles. The van der Waals surface area contributed by atoms with Crippen LogP contribution in [0.4, 0.5) is 4.39 Å². The number of thiazole rings is 1. The van der Waals surface area contributed by atoms with E-state index in [9.17, 15) is 18.8 Å². The maximum Gasteiger partial charge on any atom is 0.296 e. The van der Waals surface area contributed by atoms with E-state index >= 15 is 0 Å². The average molecular weight is 459 g/mol. The fourth-order valence-electron chi connectivity index (χ4n) is 4.43. The third kappa shape index (κ3) is 4.26. The predicted octanol–water partition coefficient (Wildman–Crippen LogP) is 3.65. The predicted molar refractivity (Wildman–Crippen MR) is 121 cm³/mol. The van der Waals surface area contributed by atoms with Gasteiger partial charge in [0.25, 0.3) is 17.6 Å². The summed E-state index contributed by atoms with van der Waals surface area (Å²) < 4.78 is 14.8. The van der Waals surface area contributed by atoms with E-state index in [-0.39, 0.29) is 17.4 Å². The lowest BCUT2D eigenvalue weighted by Crippen LogP contribution is -2.38. The van der Waals surface area contributed by atoms with Gasteiger partial charge in [-0.15, -0.1) is 0 Å². The van der Waals surface area contributed by atoms with Gasteiger partial charge in [0.1, 0.15) is 16.4 Å². The molecule has 1 saturated heterocycles. The van der Waals surface area contributed by atoms with Crippen molar-refractivity contribution in [3.63, 3.8) is 0 Å². The number of amides is 2. The van der Waals surface area contributed by atoms with Gasteiger partial charge in [-0.3, -0.25) is 18.8 Å². The molecular weight excluding hydrogens is 431 g/mol. The number of allylic oxidation sites excluding steroid dienone is 4. The number of imidazole rings is 1. The van der Waals surface area contributed by atoms with Crippen LogP contribution in [0.3, 0.4) is 0 Å². The van der Waals surface area contributed by atoms with Crippen LogP contribution < -0.4 is 0 Å². The number of carbonyl (C=O) groups excluding carboxylic acids is 3. The first-order chi connectivity index (χ1) is 15.3. The molecule has 3 heterocycles. The summed E-state index contributed by atoms with van der Waals surface area (Å²) in [6.07, 6.45) is 10.1. The van der Waals surface area contributed by atoms with Crippen molar-refractivity contribution in [2.24, 2.45) is 11.8 Å². The molecule has 170 valence electrons. The largest absolute Gasteiger partial charge is 0.342 e. The van der Waals surface area contributed by atoms with E-state index in [0.29, 0.717) is 40.5 Å². The number of nitrogens with zero attached hydrogens (tertiary/aromatic N) is 4. The Kier molecular flexibility index (Phi) is 6.28. The zero-order valence-electron chi connectivity index (χ0n) is 18.5. The van der Waals surface area contributed by atoms with Gasteiger partial charge in [0.2, 0.25) is 0 Å². The molecule has 9 heteroatoms. The molecule has 32 heavy (non-hydrogen) atoms. The van der Waals surface area contributed by atoms with Gasteiger partial charge in [-0.2, -0.15) is 0 Å². The zero-order valence-corrected chi connectivity index (χ0v) is 19.3. The lowest BCUT2D eigenvalue weighted by molar-refractivity contribution is -0.124. The maximum absolute atomic E-state index is 13.2. The highest BCUT2D eigenvalue weighted by atomic mass is 32.1. The van der Waals surface area contributed by atoms with Crippen molar-refractivity contribution in [3.8, 4) is 0 Å². The number of rotatable bonds is 5. The van der Waals surface area contributed by atoms with Crippen LogP contribution in [-0.2, 0) is 4.79 Å². The first kappa shape index (κ1) is 22.4. The fourth-order valence-corrected chi connectivity index (χ4v) is 5.50. The highest BCUT2D eigenvalue weighted by molar-refractivity contribution is 7.19. The number of Topliss-reactive ketones (excluding diaryl/α,β-unsaturated/α-hetero) is 1. The minimum Gasteiger partial charge on any atom is -0.342 e. The molecule has 7 nitrogen and oxygen atoms in total. The number of aryl methyl sites for hydroxylation is 1. The molecule has 2 aromatic heterocycles. The summed E-state index contributed by atoms with van der Waals surface area (Å²) in [6.45, 7) is 3.13. The van der Waals surface area contributed by atoms with Crippen LogP contribution in [0.15, 0.2) is 30.3 Å². The number of carbonyl (C=O) groups is 3. The van der Waals surface area contributed by atoms with Crippen molar-refractivity contribution < 1.29 is 18.8 Å². The standard InChI is InChI=1S/C23H27FN4O3S/c1-14-20(32-23-25-13-18(28(14)23)19(29)21(30)26(2)3)22(31)27-10-8-16(9-11-27)12-15-4-6-17(24)7-5-15/h4,6-7,13,15-16H,5,8-12H2,1-3H3. The number of hydrogen-bond acceptors (Lipinski definition) is 5. The van der Waals surface area contributed by atoms with E-state index < -0.39 is 11.7 Å². The molecule has 0 bridgehead atoms. The van der Waals surface area contributed by atoms with Crippen molar-refractivity contribution in [1.82, 2.24) is 19.2 Å². The minimum absolute atomic E-state index is 0.0589. The zero-order chi connectivity index (χ0) is 23.0. The van der Waals surface area contributed by atoms with Gasteiger partial charge < -0.3 is 9.80 Å². The number of piperidine rings is 1. The summed E-state index contributed by atoms with van der Waals surface area (Å²) >= 11 is 1.25. The number of hydrogen-bond donors (Lipinski definition) is 0. The molecule has 1 aliphatic heterocycles. The van der Waals surface area contributed by atoms with Crippen molar-refractivity contribution in [1.29, 1.82) is 0 Å². The van der Waals surface area contributed by atoms with E-state index in [1.54, 1.807) is 23.5 Å². The number of likely N-dealkylation sites (N-methyl/N-ethyl adjacent to an activating group) is 1. The topological polar surface area (TPSA) is 75.0 Å². The SMILES string of the molecule is Cc1c(C(=O)N2CCC(CC3C=CC(F)=CC3)CC2)sc2ncc(C(=O)C(=O)N(C)C)n12. The number of halogens is 1. The summed E-state index contributed by atoms with van der Waals surface area (Å²) in [5, 5.41) is 0. The number of ketones is 1. The van der Waals surface area contributed by atoms with Gasteiger partial charge in [0.05, 0.1) is 6.20 Å². The molecule has 4 rings (SSSR count). The lowest BCUT2D eigenvalue weighted by Gasteiger charge is -2.33. The van der Waals surface area contributed by atoms with E-state index in [0.717, 1.165) is 25.7 Å². The van der Waals surface area contributed by atoms with Crippen LogP contribution in [0.2, 0.25) is 0 Å². The lowest BCUT2D eigenvalue weighted by atomic mass is 9.84. The minimum atomic E-state index is -0.644. The quantitative estimate of drug-likeness (QED) is 0.506. The molecular formula is C23H27FN4O3S. The molecule has 0 radical (unpaired) electrons. The molecule has 2 aromatic rings. The Labute approximate surface area is 190 Å². The molecule has 1 aliphatic carbocycles. The highest BCUT2D eigenvalue weighted by Crippen LogP contribution is 2.31. The molecule has 2 amide bonds. The Morgan fingerprint density at radius 1 is 1.25 bits per heavy atom. The Morgan fingerprint density at radius 2 is 1.97 bits per heavy atom. The van der Waals surface area contributed by atoms with Crippen molar-refractivity contribution >= 4 is 33.9 Å². The van der Waals surface area contributed by atoms with Crippen LogP contribution in [0.1, 0.15) is 51.5 Å². The van der Waals surface area contributed by atoms with Gasteiger partial charge in [0.15, 0.2) is 4.96 Å². The Balaban J connectivity index is 1.43. The molecule has 2 aliphatic rings. The van der Waals surface area contributed by atoms with Crippen molar-refractivity contribution in [2.75, 3.05) is 27.2 Å². The Hall–Kier alpha value is -2.81. The summed E-state index contributed by atoms with van der Waals surface area (Å²) in [5.74, 6) is -0.596. The van der Waals surface area contributed by atoms with Crippen LogP contribution >= 0.6 is 11.3 Å². The van der Waals surface area contributed by atoms with Crippen LogP contribution in [0.25, 0.3) is 4.96 Å². The Bertz CT molecular complexity index is 1120. The second-order valence-corrected chi connectivity index (χ2v) is 9.70. The summed E-state index contributed by atoms with van der Waals surface area (Å²) in [7, 11) is 3.05. The fraction of sp³-hybridized carbons (Fsp3) is 0.478. The van der Waals surface area contributed by atoms with Gasteiger partial charge in [-0.25, -0.2) is 9.37 Å². The first-order valence-electron chi connectivity index (χ1n) is 10.8. The maximum atomic E-state index is 13.2. The van der Waals surface area contributed by atoms with E-state index in [2.05, 4.69) is 4.98 Å². The number of likely N-dealkylation sites (tertiary alicyclic amines) is 1. The van der Waals surface area contributed by atoms with E-state index in [4.69, 9.17) is 0 Å². The molecule has 1 unspecified atom stereocenters. The van der Waals surface area contributed by atoms with Crippen molar-refractivity contribution in [2.45, 2.75) is 32.6 Å².